The molecule has 0 radical (unpaired) electrons. The number of hydrogen-bond donors (Lipinski definition) is 1. The van der Waals surface area contributed by atoms with Crippen LogP contribution in [-0.2, 0) is 9.59 Å². The molecule has 1 aliphatic heterocycles. The zero-order valence-corrected chi connectivity index (χ0v) is 18.3. The first-order chi connectivity index (χ1) is 14.2. The van der Waals surface area contributed by atoms with Crippen molar-refractivity contribution in [1.29, 1.82) is 0 Å². The molecule has 30 heavy (non-hydrogen) atoms. The van der Waals surface area contributed by atoms with Crippen LogP contribution in [0.5, 0.6) is 0 Å². The summed E-state index contributed by atoms with van der Waals surface area (Å²) in [6.45, 7) is 4.62. The van der Waals surface area contributed by atoms with Crippen LogP contribution in [0.15, 0.2) is 36.0 Å². The molecule has 1 aromatic heterocycles. The maximum atomic E-state index is 13.0. The Bertz CT molecular complexity index is 1000. The summed E-state index contributed by atoms with van der Waals surface area (Å²) >= 11 is 6.03. The zero-order chi connectivity index (χ0) is 22.0. The van der Waals surface area contributed by atoms with Gasteiger partial charge in [0.15, 0.2) is 0 Å². The monoisotopic (exact) mass is 428 g/mol. The van der Waals surface area contributed by atoms with Gasteiger partial charge in [-0.2, -0.15) is 0 Å². The van der Waals surface area contributed by atoms with Gasteiger partial charge in [0.25, 0.3) is 11.7 Å². The Hall–Kier alpha value is -2.77. The van der Waals surface area contributed by atoms with Crippen LogP contribution < -0.4 is 0 Å². The van der Waals surface area contributed by atoms with E-state index in [0.717, 1.165) is 6.54 Å². The lowest BCUT2D eigenvalue weighted by Crippen LogP contribution is -2.32. The number of hydrogen-bond acceptors (Lipinski definition) is 6. The van der Waals surface area contributed by atoms with E-state index in [1.54, 1.807) is 38.1 Å². The Morgan fingerprint density at radius 1 is 1.20 bits per heavy atom. The summed E-state index contributed by atoms with van der Waals surface area (Å²) in [4.78, 5) is 37.8. The summed E-state index contributed by atoms with van der Waals surface area (Å²) in [5.74, 6) is -1.04. The predicted molar refractivity (Wildman–Crippen MR) is 115 cm³/mol. The van der Waals surface area contributed by atoms with Gasteiger partial charge >= 0.3 is 0 Å². The van der Waals surface area contributed by atoms with Crippen molar-refractivity contribution in [2.75, 3.05) is 27.2 Å². The van der Waals surface area contributed by atoms with E-state index in [2.05, 4.69) is 9.97 Å². The molecule has 1 unspecified atom stereocenters. The van der Waals surface area contributed by atoms with Gasteiger partial charge in [-0.15, -0.1) is 0 Å². The van der Waals surface area contributed by atoms with Gasteiger partial charge in [0.2, 0.25) is 0 Å². The molecule has 0 bridgehead atoms. The van der Waals surface area contributed by atoms with Crippen LogP contribution >= 0.6 is 11.6 Å². The average Bonchev–Trinajstić information content (AvgIpc) is 2.93. The van der Waals surface area contributed by atoms with E-state index in [1.807, 2.05) is 19.0 Å². The van der Waals surface area contributed by atoms with Crippen molar-refractivity contribution in [3.63, 3.8) is 0 Å². The number of aliphatic hydroxyl groups excluding tert-OH is 1. The lowest BCUT2D eigenvalue weighted by atomic mass is 9.95. The average molecular weight is 429 g/mol. The first-order valence-electron chi connectivity index (χ1n) is 9.70. The van der Waals surface area contributed by atoms with E-state index in [4.69, 9.17) is 11.6 Å². The molecule has 1 fully saturated rings. The maximum absolute atomic E-state index is 13.0. The van der Waals surface area contributed by atoms with Crippen LogP contribution in [0.3, 0.4) is 0 Å². The number of nitrogens with zero attached hydrogens (tertiary/aromatic N) is 4. The van der Waals surface area contributed by atoms with E-state index in [0.29, 0.717) is 40.6 Å². The summed E-state index contributed by atoms with van der Waals surface area (Å²) in [6.07, 6.45) is 2.17. The summed E-state index contributed by atoms with van der Waals surface area (Å²) in [6, 6.07) is 6.24. The van der Waals surface area contributed by atoms with Gasteiger partial charge in [-0.1, -0.05) is 23.7 Å². The molecule has 8 heteroatoms. The van der Waals surface area contributed by atoms with Gasteiger partial charge in [-0.05, 0) is 58.6 Å². The van der Waals surface area contributed by atoms with Gasteiger partial charge < -0.3 is 14.9 Å². The van der Waals surface area contributed by atoms with E-state index < -0.39 is 17.7 Å². The second-order valence-electron chi connectivity index (χ2n) is 7.62. The van der Waals surface area contributed by atoms with Crippen molar-refractivity contribution < 1.29 is 14.7 Å². The summed E-state index contributed by atoms with van der Waals surface area (Å²) < 4.78 is 0. The first-order valence-corrected chi connectivity index (χ1v) is 10.1. The molecule has 2 heterocycles. The first kappa shape index (κ1) is 21.9. The Kier molecular flexibility index (Phi) is 6.53. The van der Waals surface area contributed by atoms with Crippen LogP contribution in [0.1, 0.15) is 35.1 Å². The van der Waals surface area contributed by atoms with Gasteiger partial charge in [0.1, 0.15) is 11.6 Å². The zero-order valence-electron chi connectivity index (χ0n) is 17.5. The number of likely N-dealkylation sites (tertiary alicyclic amines) is 1. The number of amides is 1. The van der Waals surface area contributed by atoms with Gasteiger partial charge in [0.05, 0.1) is 22.9 Å². The Labute approximate surface area is 181 Å². The van der Waals surface area contributed by atoms with Crippen molar-refractivity contribution in [1.82, 2.24) is 19.8 Å². The number of aliphatic hydroxyl groups is 1. The lowest BCUT2D eigenvalue weighted by molar-refractivity contribution is -0.139. The minimum atomic E-state index is -0.711. The minimum Gasteiger partial charge on any atom is -0.507 e. The Balaban J connectivity index is 2.12. The molecule has 158 valence electrons. The predicted octanol–water partition coefficient (Wildman–Crippen LogP) is 3.12. The summed E-state index contributed by atoms with van der Waals surface area (Å²) in [5.41, 5.74) is 1.62. The van der Waals surface area contributed by atoms with E-state index >= 15 is 0 Å². The summed E-state index contributed by atoms with van der Waals surface area (Å²) in [5, 5.41) is 11.6. The molecule has 3 rings (SSSR count). The highest BCUT2D eigenvalue weighted by Crippen LogP contribution is 2.39. The molecule has 2 aromatic rings. The van der Waals surface area contributed by atoms with Crippen molar-refractivity contribution >= 4 is 29.1 Å². The highest BCUT2D eigenvalue weighted by molar-refractivity contribution is 6.46. The molecule has 1 aliphatic rings. The second-order valence-corrected chi connectivity index (χ2v) is 8.05. The fraction of sp³-hybridized carbons (Fsp3) is 0.364. The third kappa shape index (κ3) is 4.37. The number of aryl methyl sites for hydroxylation is 2. The van der Waals surface area contributed by atoms with Crippen LogP contribution in [0.25, 0.3) is 5.76 Å². The van der Waals surface area contributed by atoms with Crippen LogP contribution in [0.4, 0.5) is 0 Å². The standard InChI is InChI=1S/C22H25ClN4O3/c1-13-17(12-24-14(2)25-13)20(28)18-19(15-6-8-16(23)9-7-15)27(22(30)21(18)29)11-5-10-26(3)4/h6-9,12,19,28H,5,10-11H2,1-4H3/b20-18+. The van der Waals surface area contributed by atoms with Gasteiger partial charge in [0, 0.05) is 17.8 Å². The highest BCUT2D eigenvalue weighted by Gasteiger charge is 2.46. The molecular weight excluding hydrogens is 404 g/mol. The fourth-order valence-electron chi connectivity index (χ4n) is 3.62. The second kappa shape index (κ2) is 8.93. The molecular formula is C22H25ClN4O3. The summed E-state index contributed by atoms with van der Waals surface area (Å²) in [7, 11) is 3.90. The Morgan fingerprint density at radius 2 is 1.87 bits per heavy atom. The number of benzene rings is 1. The van der Waals surface area contributed by atoms with E-state index in [-0.39, 0.29) is 11.3 Å². The molecule has 1 saturated heterocycles. The molecule has 1 N–H and O–H groups in total. The number of carbonyl (C=O) groups is 2. The smallest absolute Gasteiger partial charge is 0.295 e. The van der Waals surface area contributed by atoms with Crippen molar-refractivity contribution in [2.45, 2.75) is 26.3 Å². The number of halogens is 1. The number of carbonyl (C=O) groups excluding carboxylic acids is 2. The maximum Gasteiger partial charge on any atom is 0.295 e. The number of rotatable bonds is 6. The topological polar surface area (TPSA) is 86.6 Å². The largest absolute Gasteiger partial charge is 0.507 e. The molecule has 1 aromatic carbocycles. The third-order valence-electron chi connectivity index (χ3n) is 5.08. The quantitative estimate of drug-likeness (QED) is 0.432. The van der Waals surface area contributed by atoms with Gasteiger partial charge in [-0.25, -0.2) is 9.97 Å². The Morgan fingerprint density at radius 3 is 2.47 bits per heavy atom. The van der Waals surface area contributed by atoms with Crippen LogP contribution in [0.2, 0.25) is 5.02 Å². The minimum absolute atomic E-state index is 0.0442. The fourth-order valence-corrected chi connectivity index (χ4v) is 3.75. The van der Waals surface area contributed by atoms with Crippen molar-refractivity contribution in [2.24, 2.45) is 0 Å². The number of Topliss-reactive ketones (excluding diaryl/α,β-unsaturated/α-hetero) is 1. The van der Waals surface area contributed by atoms with E-state index in [9.17, 15) is 14.7 Å². The van der Waals surface area contributed by atoms with Crippen molar-refractivity contribution in [3.8, 4) is 0 Å². The normalized spacial score (nSPS) is 18.5. The molecule has 7 nitrogen and oxygen atoms in total. The van der Waals surface area contributed by atoms with E-state index in [1.165, 1.54) is 11.1 Å². The SMILES string of the molecule is Cc1ncc(/C(O)=C2\C(=O)C(=O)N(CCCN(C)C)C2c2ccc(Cl)cc2)c(C)n1. The molecule has 1 amide bonds. The molecule has 0 spiro atoms. The molecule has 0 saturated carbocycles. The van der Waals surface area contributed by atoms with Gasteiger partial charge in [-0.3, -0.25) is 9.59 Å². The third-order valence-corrected chi connectivity index (χ3v) is 5.34. The lowest BCUT2D eigenvalue weighted by Gasteiger charge is -2.26. The number of ketones is 1. The van der Waals surface area contributed by atoms with Crippen molar-refractivity contribution in [3.05, 3.63) is 63.7 Å². The molecule has 0 aliphatic carbocycles. The highest BCUT2D eigenvalue weighted by atomic mass is 35.5. The number of aromatic nitrogens is 2. The molecule has 1 atom stereocenters. The van der Waals surface area contributed by atoms with Crippen LogP contribution in [-0.4, -0.2) is 63.7 Å². The van der Waals surface area contributed by atoms with Crippen LogP contribution in [0, 0.1) is 13.8 Å².